The molecule has 9 rings (SSSR count). The summed E-state index contributed by atoms with van der Waals surface area (Å²) in [7, 11) is 0. The van der Waals surface area contributed by atoms with E-state index in [0.29, 0.717) is 5.89 Å². The Morgan fingerprint density at radius 2 is 1.16 bits per heavy atom. The van der Waals surface area contributed by atoms with Gasteiger partial charge in [-0.1, -0.05) is 103 Å². The van der Waals surface area contributed by atoms with E-state index in [9.17, 15) is 0 Å². The topological polar surface area (TPSA) is 42.4 Å². The van der Waals surface area contributed by atoms with Crippen LogP contribution in [-0.2, 0) is 0 Å². The molecule has 4 heteroatoms. The maximum atomic E-state index is 6.66. The second-order valence-corrected chi connectivity index (χ2v) is 11.2. The maximum Gasteiger partial charge on any atom is 0.227 e. The Morgan fingerprint density at radius 3 is 2.02 bits per heavy atom. The molecule has 0 radical (unpaired) electrons. The molecule has 2 heterocycles. The first kappa shape index (κ1) is 25.4. The van der Waals surface area contributed by atoms with E-state index in [4.69, 9.17) is 13.8 Å². The van der Waals surface area contributed by atoms with E-state index < -0.39 is 0 Å². The molecule has 0 aliphatic carbocycles. The molecule has 7 aromatic carbocycles. The molecular formula is C41H26N2O2. The Morgan fingerprint density at radius 1 is 0.489 bits per heavy atom. The fraction of sp³-hybridized carbons (Fsp3) is 0. The molecule has 0 atom stereocenters. The third-order valence-electron chi connectivity index (χ3n) is 8.46. The van der Waals surface area contributed by atoms with Crippen LogP contribution in [0.25, 0.3) is 66.4 Å². The van der Waals surface area contributed by atoms with Gasteiger partial charge in [0.15, 0.2) is 5.58 Å². The zero-order valence-corrected chi connectivity index (χ0v) is 24.2. The Labute approximate surface area is 259 Å². The first-order valence-corrected chi connectivity index (χ1v) is 15.1. The molecule has 0 unspecified atom stereocenters. The summed E-state index contributed by atoms with van der Waals surface area (Å²) >= 11 is 0. The third-order valence-corrected chi connectivity index (χ3v) is 8.46. The van der Waals surface area contributed by atoms with Gasteiger partial charge in [-0.3, -0.25) is 0 Å². The second-order valence-electron chi connectivity index (χ2n) is 11.2. The van der Waals surface area contributed by atoms with Gasteiger partial charge in [-0.05, 0) is 71.1 Å². The van der Waals surface area contributed by atoms with Gasteiger partial charge in [-0.15, -0.1) is 0 Å². The number of nitrogens with zero attached hydrogens (tertiary/aromatic N) is 2. The lowest BCUT2D eigenvalue weighted by Crippen LogP contribution is -2.10. The van der Waals surface area contributed by atoms with Gasteiger partial charge in [-0.25, -0.2) is 4.98 Å². The second kappa shape index (κ2) is 10.2. The van der Waals surface area contributed by atoms with E-state index in [1.807, 2.05) is 54.6 Å². The number of furan rings is 1. The average Bonchev–Trinajstić information content (AvgIpc) is 3.73. The Kier molecular flexibility index (Phi) is 5.78. The normalized spacial score (nSPS) is 11.6. The predicted octanol–water partition coefficient (Wildman–Crippen LogP) is 11.7. The molecule has 0 fully saturated rings. The van der Waals surface area contributed by atoms with Crippen molar-refractivity contribution in [3.05, 3.63) is 158 Å². The van der Waals surface area contributed by atoms with Gasteiger partial charge in [0, 0.05) is 33.1 Å². The number of hydrogen-bond acceptors (Lipinski definition) is 4. The molecule has 0 amide bonds. The van der Waals surface area contributed by atoms with Crippen LogP contribution in [0.1, 0.15) is 0 Å². The summed E-state index contributed by atoms with van der Waals surface area (Å²) in [5.74, 6) is 0.600. The van der Waals surface area contributed by atoms with Gasteiger partial charge in [0.25, 0.3) is 0 Å². The Hall–Kier alpha value is -6.13. The van der Waals surface area contributed by atoms with Gasteiger partial charge in [-0.2, -0.15) is 0 Å². The number of rotatable bonds is 5. The van der Waals surface area contributed by atoms with Crippen molar-refractivity contribution >= 4 is 60.9 Å². The fourth-order valence-corrected chi connectivity index (χ4v) is 6.43. The highest BCUT2D eigenvalue weighted by atomic mass is 16.3. The van der Waals surface area contributed by atoms with Gasteiger partial charge in [0.2, 0.25) is 5.89 Å². The first-order valence-electron chi connectivity index (χ1n) is 15.1. The molecule has 4 nitrogen and oxygen atoms in total. The molecule has 0 saturated heterocycles. The smallest absolute Gasteiger partial charge is 0.227 e. The molecule has 0 N–H and O–H groups in total. The van der Waals surface area contributed by atoms with Gasteiger partial charge in [0.1, 0.15) is 16.7 Å². The van der Waals surface area contributed by atoms with Crippen LogP contribution in [0.4, 0.5) is 17.1 Å². The zero-order valence-electron chi connectivity index (χ0n) is 24.2. The van der Waals surface area contributed by atoms with E-state index in [1.54, 1.807) is 0 Å². The van der Waals surface area contributed by atoms with Crippen molar-refractivity contribution < 1.29 is 8.83 Å². The molecule has 0 saturated carbocycles. The van der Waals surface area contributed by atoms with Gasteiger partial charge < -0.3 is 13.7 Å². The summed E-state index contributed by atoms with van der Waals surface area (Å²) < 4.78 is 12.9. The van der Waals surface area contributed by atoms with Crippen molar-refractivity contribution in [1.29, 1.82) is 0 Å². The zero-order chi connectivity index (χ0) is 29.7. The summed E-state index contributed by atoms with van der Waals surface area (Å²) in [6, 6.07) is 54.3. The molecule has 45 heavy (non-hydrogen) atoms. The third kappa shape index (κ3) is 4.19. The van der Waals surface area contributed by atoms with Crippen LogP contribution in [0.15, 0.2) is 167 Å². The summed E-state index contributed by atoms with van der Waals surface area (Å²) in [5.41, 5.74) is 9.48. The highest BCUT2D eigenvalue weighted by molar-refractivity contribution is 6.13. The van der Waals surface area contributed by atoms with Crippen LogP contribution in [0.2, 0.25) is 0 Å². The molecule has 9 aromatic rings. The summed E-state index contributed by atoms with van der Waals surface area (Å²) in [5, 5.41) is 4.38. The standard InChI is InChI=1S/C41H26N2O2/c1-3-13-27(14-4-1)41-42-39-33-20-8-7-15-29(33)26-35(40(39)45-41)43(30-17-5-2-6-18-30)31-19-11-16-28(25-31)32-22-12-24-37-38(32)34-21-9-10-23-36(34)44-37/h1-26H. The number of oxazole rings is 1. The lowest BCUT2D eigenvalue weighted by molar-refractivity contribution is 0.620. The number of anilines is 3. The monoisotopic (exact) mass is 578 g/mol. The van der Waals surface area contributed by atoms with Gasteiger partial charge >= 0.3 is 0 Å². The van der Waals surface area contributed by atoms with Crippen molar-refractivity contribution in [2.75, 3.05) is 4.90 Å². The SMILES string of the molecule is c1ccc(-c2nc3c(o2)c(N(c2ccccc2)c2cccc(-c4cccc5oc6ccccc6c45)c2)cc2ccccc23)cc1. The molecule has 0 spiro atoms. The van der Waals surface area contributed by atoms with E-state index >= 15 is 0 Å². The van der Waals surface area contributed by atoms with Crippen LogP contribution in [0.3, 0.4) is 0 Å². The van der Waals surface area contributed by atoms with Crippen LogP contribution >= 0.6 is 0 Å². The van der Waals surface area contributed by atoms with E-state index in [-0.39, 0.29) is 0 Å². The molecule has 0 aliphatic heterocycles. The van der Waals surface area contributed by atoms with E-state index in [0.717, 1.165) is 77.6 Å². The van der Waals surface area contributed by atoms with Crippen molar-refractivity contribution in [2.45, 2.75) is 0 Å². The molecule has 0 aliphatic rings. The number of benzene rings is 7. The number of aromatic nitrogens is 1. The minimum Gasteiger partial charge on any atom is -0.456 e. The number of hydrogen-bond donors (Lipinski definition) is 0. The number of para-hydroxylation sites is 2. The first-order chi connectivity index (χ1) is 22.3. The van der Waals surface area contributed by atoms with E-state index in [1.165, 1.54) is 0 Å². The van der Waals surface area contributed by atoms with Gasteiger partial charge in [0.05, 0.1) is 5.69 Å². The van der Waals surface area contributed by atoms with Crippen LogP contribution < -0.4 is 4.90 Å². The highest BCUT2D eigenvalue weighted by Crippen LogP contribution is 2.45. The van der Waals surface area contributed by atoms with E-state index in [2.05, 4.69) is 108 Å². The summed E-state index contributed by atoms with van der Waals surface area (Å²) in [6.45, 7) is 0. The highest BCUT2D eigenvalue weighted by Gasteiger charge is 2.23. The maximum absolute atomic E-state index is 6.66. The van der Waals surface area contributed by atoms with Crippen molar-refractivity contribution in [1.82, 2.24) is 4.98 Å². The molecule has 0 bridgehead atoms. The quantitative estimate of drug-likeness (QED) is 0.204. The van der Waals surface area contributed by atoms with Crippen LogP contribution in [0.5, 0.6) is 0 Å². The molecule has 212 valence electrons. The minimum absolute atomic E-state index is 0.600. The van der Waals surface area contributed by atoms with Crippen LogP contribution in [0, 0.1) is 0 Å². The lowest BCUT2D eigenvalue weighted by Gasteiger charge is -2.26. The molecular weight excluding hydrogens is 552 g/mol. The number of fused-ring (bicyclic) bond motifs is 6. The predicted molar refractivity (Wildman–Crippen MR) is 184 cm³/mol. The van der Waals surface area contributed by atoms with Crippen molar-refractivity contribution in [2.24, 2.45) is 0 Å². The fourth-order valence-electron chi connectivity index (χ4n) is 6.43. The van der Waals surface area contributed by atoms with Crippen LogP contribution in [-0.4, -0.2) is 4.98 Å². The molecule has 2 aromatic heterocycles. The average molecular weight is 579 g/mol. The minimum atomic E-state index is 0.600. The largest absolute Gasteiger partial charge is 0.456 e. The summed E-state index contributed by atoms with van der Waals surface area (Å²) in [6.07, 6.45) is 0. The lowest BCUT2D eigenvalue weighted by atomic mass is 9.98. The van der Waals surface area contributed by atoms with Crippen molar-refractivity contribution in [3.63, 3.8) is 0 Å². The Bertz CT molecular complexity index is 2490. The Balaban J connectivity index is 1.30. The van der Waals surface area contributed by atoms with Crippen molar-refractivity contribution in [3.8, 4) is 22.6 Å². The summed E-state index contributed by atoms with van der Waals surface area (Å²) in [4.78, 5) is 7.33.